The van der Waals surface area contributed by atoms with Crippen molar-refractivity contribution in [3.63, 3.8) is 0 Å². The standard InChI is InChI=1S/C8H18OS/c1-3-5-6-8-10(9)7-4-2/h3-8H2,1-2H3. The molecule has 1 atom stereocenters. The van der Waals surface area contributed by atoms with Crippen molar-refractivity contribution < 1.29 is 4.55 Å². The molecule has 0 aliphatic rings. The average molecular weight is 162 g/mol. The molecule has 0 bridgehead atoms. The molecular weight excluding hydrogens is 144 g/mol. The molecule has 1 unspecified atom stereocenters. The van der Waals surface area contributed by atoms with Gasteiger partial charge in [0.05, 0.1) is 0 Å². The van der Waals surface area contributed by atoms with E-state index in [-0.39, 0.29) is 0 Å². The van der Waals surface area contributed by atoms with Crippen molar-refractivity contribution in [3.05, 3.63) is 0 Å². The van der Waals surface area contributed by atoms with Gasteiger partial charge in [0, 0.05) is 0 Å². The summed E-state index contributed by atoms with van der Waals surface area (Å²) >= 11 is -0.522. The second-order valence-electron chi connectivity index (χ2n) is 2.56. The lowest BCUT2D eigenvalue weighted by Crippen LogP contribution is -2.10. The molecule has 0 saturated carbocycles. The fourth-order valence-corrected chi connectivity index (χ4v) is 2.03. The first-order chi connectivity index (χ1) is 4.81. The Morgan fingerprint density at radius 3 is 2.20 bits per heavy atom. The minimum atomic E-state index is -0.522. The molecule has 62 valence electrons. The summed E-state index contributed by atoms with van der Waals surface area (Å²) in [5, 5.41) is 0. The Morgan fingerprint density at radius 2 is 1.70 bits per heavy atom. The topological polar surface area (TPSA) is 23.1 Å². The highest BCUT2D eigenvalue weighted by Gasteiger charge is 2.01. The summed E-state index contributed by atoms with van der Waals surface area (Å²) in [6.45, 7) is 4.25. The quantitative estimate of drug-likeness (QED) is 0.434. The van der Waals surface area contributed by atoms with Crippen LogP contribution in [0.15, 0.2) is 0 Å². The summed E-state index contributed by atoms with van der Waals surface area (Å²) in [5.74, 6) is 1.81. The molecule has 0 fully saturated rings. The Hall–Kier alpha value is 0.310. The normalized spacial score (nSPS) is 13.5. The maximum Gasteiger partial charge on any atom is 0.105 e. The van der Waals surface area contributed by atoms with E-state index in [1.807, 2.05) is 0 Å². The van der Waals surface area contributed by atoms with Crippen LogP contribution in [0.3, 0.4) is 0 Å². The van der Waals surface area contributed by atoms with E-state index in [4.69, 9.17) is 0 Å². The van der Waals surface area contributed by atoms with Crippen LogP contribution in [0.4, 0.5) is 0 Å². The zero-order chi connectivity index (χ0) is 7.82. The van der Waals surface area contributed by atoms with E-state index in [0.29, 0.717) is 0 Å². The fourth-order valence-electron chi connectivity index (χ4n) is 0.843. The summed E-state index contributed by atoms with van der Waals surface area (Å²) in [6.07, 6.45) is 4.65. The lowest BCUT2D eigenvalue weighted by molar-refractivity contribution is 0.588. The van der Waals surface area contributed by atoms with E-state index in [9.17, 15) is 4.55 Å². The lowest BCUT2D eigenvalue weighted by Gasteiger charge is -2.08. The molecule has 0 heterocycles. The van der Waals surface area contributed by atoms with Crippen LogP contribution in [0.2, 0.25) is 0 Å². The molecule has 2 heteroatoms. The Kier molecular flexibility index (Phi) is 7.65. The van der Waals surface area contributed by atoms with Gasteiger partial charge in [-0.2, -0.15) is 0 Å². The minimum absolute atomic E-state index is 0.522. The molecule has 0 aliphatic heterocycles. The van der Waals surface area contributed by atoms with Crippen molar-refractivity contribution in [2.75, 3.05) is 11.5 Å². The molecule has 1 nitrogen and oxygen atoms in total. The second-order valence-corrected chi connectivity index (χ2v) is 4.25. The van der Waals surface area contributed by atoms with E-state index in [1.165, 1.54) is 12.8 Å². The first-order valence-corrected chi connectivity index (χ1v) is 5.65. The summed E-state index contributed by atoms with van der Waals surface area (Å²) in [7, 11) is 0. The summed E-state index contributed by atoms with van der Waals surface area (Å²) in [4.78, 5) is 0. The number of rotatable bonds is 6. The average Bonchev–Trinajstić information content (AvgIpc) is 1.89. The Morgan fingerprint density at radius 1 is 1.00 bits per heavy atom. The van der Waals surface area contributed by atoms with Gasteiger partial charge in [-0.1, -0.05) is 31.4 Å². The molecule has 0 rings (SSSR count). The Balaban J connectivity index is 2.97. The van der Waals surface area contributed by atoms with Gasteiger partial charge >= 0.3 is 0 Å². The first-order valence-electron chi connectivity index (χ1n) is 4.16. The van der Waals surface area contributed by atoms with Crippen LogP contribution >= 0.6 is 0 Å². The highest BCUT2D eigenvalue weighted by molar-refractivity contribution is 7.91. The van der Waals surface area contributed by atoms with Crippen LogP contribution in [0.25, 0.3) is 0 Å². The summed E-state index contributed by atoms with van der Waals surface area (Å²) in [5.41, 5.74) is 0. The predicted octanol–water partition coefficient (Wildman–Crippen LogP) is 2.34. The SMILES string of the molecule is CCCCC[S+]([O-])CCC. The van der Waals surface area contributed by atoms with Crippen molar-refractivity contribution in [1.29, 1.82) is 0 Å². The molecule has 0 aromatic heterocycles. The van der Waals surface area contributed by atoms with E-state index >= 15 is 0 Å². The molecular formula is C8H18OS. The van der Waals surface area contributed by atoms with Crippen molar-refractivity contribution >= 4 is 11.2 Å². The van der Waals surface area contributed by atoms with E-state index in [0.717, 1.165) is 24.3 Å². The van der Waals surface area contributed by atoms with Crippen LogP contribution in [0.5, 0.6) is 0 Å². The molecule has 0 aromatic carbocycles. The Labute approximate surface area is 67.4 Å². The number of unbranched alkanes of at least 4 members (excludes halogenated alkanes) is 2. The third-order valence-corrected chi connectivity index (χ3v) is 3.01. The third-order valence-electron chi connectivity index (χ3n) is 1.41. The van der Waals surface area contributed by atoms with Gasteiger partial charge in [-0.25, -0.2) is 0 Å². The number of hydrogen-bond acceptors (Lipinski definition) is 1. The predicted molar refractivity (Wildman–Crippen MR) is 47.7 cm³/mol. The van der Waals surface area contributed by atoms with Gasteiger partial charge in [0.25, 0.3) is 0 Å². The highest BCUT2D eigenvalue weighted by Crippen LogP contribution is 2.00. The zero-order valence-electron chi connectivity index (χ0n) is 7.06. The molecule has 0 N–H and O–H groups in total. The van der Waals surface area contributed by atoms with Gasteiger partial charge in [0.15, 0.2) is 0 Å². The van der Waals surface area contributed by atoms with Crippen LogP contribution < -0.4 is 0 Å². The molecule has 0 amide bonds. The molecule has 10 heavy (non-hydrogen) atoms. The molecule has 0 radical (unpaired) electrons. The summed E-state index contributed by atoms with van der Waals surface area (Å²) in [6, 6.07) is 0. The van der Waals surface area contributed by atoms with Gasteiger partial charge in [-0.3, -0.25) is 0 Å². The molecule has 0 spiro atoms. The molecule has 0 aromatic rings. The lowest BCUT2D eigenvalue weighted by atomic mass is 10.3. The van der Waals surface area contributed by atoms with Gasteiger partial charge < -0.3 is 4.55 Å². The van der Waals surface area contributed by atoms with Crippen molar-refractivity contribution in [2.24, 2.45) is 0 Å². The third kappa shape index (κ3) is 6.43. The second kappa shape index (κ2) is 7.42. The van der Waals surface area contributed by atoms with Crippen LogP contribution in [-0.4, -0.2) is 16.1 Å². The first kappa shape index (κ1) is 10.3. The van der Waals surface area contributed by atoms with Crippen molar-refractivity contribution in [2.45, 2.75) is 39.5 Å². The van der Waals surface area contributed by atoms with Gasteiger partial charge in [-0.15, -0.1) is 0 Å². The maximum absolute atomic E-state index is 11.0. The summed E-state index contributed by atoms with van der Waals surface area (Å²) < 4.78 is 11.0. The highest BCUT2D eigenvalue weighted by atomic mass is 32.2. The van der Waals surface area contributed by atoms with E-state index < -0.39 is 11.2 Å². The van der Waals surface area contributed by atoms with Gasteiger partial charge in [0.2, 0.25) is 0 Å². The Bertz CT molecular complexity index is 66.3. The van der Waals surface area contributed by atoms with E-state index in [2.05, 4.69) is 13.8 Å². The minimum Gasteiger partial charge on any atom is -0.616 e. The van der Waals surface area contributed by atoms with Crippen molar-refractivity contribution in [3.8, 4) is 0 Å². The van der Waals surface area contributed by atoms with Crippen LogP contribution in [-0.2, 0) is 11.2 Å². The largest absolute Gasteiger partial charge is 0.616 e. The fraction of sp³-hybridized carbons (Fsp3) is 1.00. The maximum atomic E-state index is 11.0. The van der Waals surface area contributed by atoms with Gasteiger partial charge in [0.1, 0.15) is 11.5 Å². The van der Waals surface area contributed by atoms with Crippen LogP contribution in [0, 0.1) is 0 Å². The molecule has 0 saturated heterocycles. The van der Waals surface area contributed by atoms with Crippen LogP contribution in [0.1, 0.15) is 39.5 Å². The van der Waals surface area contributed by atoms with Crippen molar-refractivity contribution in [1.82, 2.24) is 0 Å². The number of hydrogen-bond donors (Lipinski definition) is 0. The zero-order valence-corrected chi connectivity index (χ0v) is 7.88. The van der Waals surface area contributed by atoms with Gasteiger partial charge in [-0.05, 0) is 19.3 Å². The smallest absolute Gasteiger partial charge is 0.105 e. The molecule has 0 aliphatic carbocycles. The van der Waals surface area contributed by atoms with E-state index in [1.54, 1.807) is 0 Å². The monoisotopic (exact) mass is 162 g/mol.